The summed E-state index contributed by atoms with van der Waals surface area (Å²) in [6.45, 7) is 0. The van der Waals surface area contributed by atoms with Crippen molar-refractivity contribution in [1.29, 1.82) is 0 Å². The summed E-state index contributed by atoms with van der Waals surface area (Å²) in [5, 5.41) is 0. The number of nitrogens with one attached hydrogen (secondary N) is 1. The van der Waals surface area contributed by atoms with Crippen molar-refractivity contribution < 1.29 is 22.7 Å². The van der Waals surface area contributed by atoms with Gasteiger partial charge in [0.2, 0.25) is 10.0 Å². The highest BCUT2D eigenvalue weighted by Gasteiger charge is 2.12. The number of methoxy groups -OCH3 is 2. The number of carbonyl (C=O) groups is 1. The first-order chi connectivity index (χ1) is 7.87. The number of anilines is 1. The van der Waals surface area contributed by atoms with Gasteiger partial charge in [-0.25, -0.2) is 13.2 Å². The maximum atomic E-state index is 11.3. The number of sulfonamides is 1. The second-order valence-corrected chi connectivity index (χ2v) is 5.03. The molecule has 0 bridgehead atoms. The summed E-state index contributed by atoms with van der Waals surface area (Å²) in [5.41, 5.74) is 0.428. The van der Waals surface area contributed by atoms with Gasteiger partial charge in [0.05, 0.1) is 31.7 Å². The monoisotopic (exact) mass is 259 g/mol. The van der Waals surface area contributed by atoms with E-state index < -0.39 is 16.0 Å². The van der Waals surface area contributed by atoms with Crippen LogP contribution in [0.1, 0.15) is 10.4 Å². The molecule has 1 rings (SSSR count). The predicted molar refractivity (Wildman–Crippen MR) is 62.8 cm³/mol. The normalized spacial score (nSPS) is 10.8. The number of benzene rings is 1. The Bertz CT molecular complexity index is 523. The molecule has 0 saturated heterocycles. The standard InChI is InChI=1S/C10H13NO5S/c1-15-9-5-4-7(10(12)16-2)6-8(9)11-17(3,13)14/h4-6,11H,1-3H3. The summed E-state index contributed by atoms with van der Waals surface area (Å²) in [7, 11) is -0.791. The van der Waals surface area contributed by atoms with E-state index in [1.54, 1.807) is 0 Å². The molecule has 0 radical (unpaired) electrons. The van der Waals surface area contributed by atoms with Crippen molar-refractivity contribution in [3.63, 3.8) is 0 Å². The first-order valence-corrected chi connectivity index (χ1v) is 6.50. The van der Waals surface area contributed by atoms with E-state index in [1.807, 2.05) is 0 Å². The van der Waals surface area contributed by atoms with Gasteiger partial charge in [-0.3, -0.25) is 4.72 Å². The molecular weight excluding hydrogens is 246 g/mol. The van der Waals surface area contributed by atoms with Gasteiger partial charge in [0.1, 0.15) is 5.75 Å². The van der Waals surface area contributed by atoms with E-state index in [0.717, 1.165) is 6.26 Å². The molecule has 17 heavy (non-hydrogen) atoms. The lowest BCUT2D eigenvalue weighted by molar-refractivity contribution is 0.0600. The smallest absolute Gasteiger partial charge is 0.337 e. The third-order valence-corrected chi connectivity index (χ3v) is 2.51. The van der Waals surface area contributed by atoms with Crippen LogP contribution in [-0.4, -0.2) is 34.9 Å². The number of hydrogen-bond acceptors (Lipinski definition) is 5. The molecule has 0 aromatic heterocycles. The molecule has 0 spiro atoms. The molecule has 0 aliphatic heterocycles. The number of rotatable bonds is 4. The average Bonchev–Trinajstić information content (AvgIpc) is 2.25. The molecule has 0 saturated carbocycles. The second kappa shape index (κ2) is 5.05. The minimum absolute atomic E-state index is 0.193. The molecule has 6 nitrogen and oxygen atoms in total. The lowest BCUT2D eigenvalue weighted by Gasteiger charge is -2.10. The van der Waals surface area contributed by atoms with Crippen molar-refractivity contribution in [3.8, 4) is 5.75 Å². The first kappa shape index (κ1) is 13.3. The van der Waals surface area contributed by atoms with Crippen LogP contribution in [-0.2, 0) is 14.8 Å². The van der Waals surface area contributed by atoms with Crippen LogP contribution in [0.5, 0.6) is 5.75 Å². The highest BCUT2D eigenvalue weighted by atomic mass is 32.2. The Morgan fingerprint density at radius 3 is 2.41 bits per heavy atom. The van der Waals surface area contributed by atoms with Gasteiger partial charge in [-0.15, -0.1) is 0 Å². The fraction of sp³-hybridized carbons (Fsp3) is 0.300. The maximum Gasteiger partial charge on any atom is 0.337 e. The summed E-state index contributed by atoms with van der Waals surface area (Å²) >= 11 is 0. The Kier molecular flexibility index (Phi) is 3.95. The SMILES string of the molecule is COC(=O)c1ccc(OC)c(NS(C)(=O)=O)c1. The fourth-order valence-corrected chi connectivity index (χ4v) is 1.79. The van der Waals surface area contributed by atoms with Gasteiger partial charge < -0.3 is 9.47 Å². The summed E-state index contributed by atoms with van der Waals surface area (Å²) in [4.78, 5) is 11.3. The minimum atomic E-state index is -3.44. The largest absolute Gasteiger partial charge is 0.495 e. The molecule has 0 unspecified atom stereocenters. The van der Waals surface area contributed by atoms with Gasteiger partial charge >= 0.3 is 5.97 Å². The highest BCUT2D eigenvalue weighted by molar-refractivity contribution is 7.92. The third kappa shape index (κ3) is 3.63. The van der Waals surface area contributed by atoms with E-state index in [2.05, 4.69) is 9.46 Å². The average molecular weight is 259 g/mol. The van der Waals surface area contributed by atoms with Crippen LogP contribution in [0.4, 0.5) is 5.69 Å². The number of esters is 1. The van der Waals surface area contributed by atoms with E-state index in [0.29, 0.717) is 5.75 Å². The molecule has 0 aliphatic carbocycles. The van der Waals surface area contributed by atoms with Gasteiger partial charge in [-0.05, 0) is 18.2 Å². The Morgan fingerprint density at radius 1 is 1.29 bits per heavy atom. The van der Waals surface area contributed by atoms with Crippen LogP contribution in [0.2, 0.25) is 0 Å². The summed E-state index contributed by atoms with van der Waals surface area (Å²) < 4.78 is 34.1. The number of ether oxygens (including phenoxy) is 2. The Hall–Kier alpha value is -1.76. The van der Waals surface area contributed by atoms with Crippen LogP contribution < -0.4 is 9.46 Å². The predicted octanol–water partition coefficient (Wildman–Crippen LogP) is 0.853. The molecule has 0 atom stereocenters. The molecule has 1 aromatic carbocycles. The van der Waals surface area contributed by atoms with Crippen molar-refractivity contribution in [2.45, 2.75) is 0 Å². The van der Waals surface area contributed by atoms with Crippen LogP contribution in [0.15, 0.2) is 18.2 Å². The van der Waals surface area contributed by atoms with E-state index in [4.69, 9.17) is 4.74 Å². The topological polar surface area (TPSA) is 81.7 Å². The van der Waals surface area contributed by atoms with Crippen molar-refractivity contribution in [3.05, 3.63) is 23.8 Å². The molecule has 0 amide bonds. The Balaban J connectivity index is 3.20. The third-order valence-electron chi connectivity index (χ3n) is 1.92. The summed E-state index contributed by atoms with van der Waals surface area (Å²) in [6, 6.07) is 4.32. The zero-order chi connectivity index (χ0) is 13.1. The zero-order valence-electron chi connectivity index (χ0n) is 9.68. The molecular formula is C10H13NO5S. The van der Waals surface area contributed by atoms with E-state index >= 15 is 0 Å². The fourth-order valence-electron chi connectivity index (χ4n) is 1.23. The van der Waals surface area contributed by atoms with E-state index in [1.165, 1.54) is 32.4 Å². The van der Waals surface area contributed by atoms with Crippen LogP contribution in [0, 0.1) is 0 Å². The lowest BCUT2D eigenvalue weighted by Crippen LogP contribution is -2.11. The molecule has 0 heterocycles. The van der Waals surface area contributed by atoms with Crippen molar-refractivity contribution >= 4 is 21.7 Å². The van der Waals surface area contributed by atoms with E-state index in [-0.39, 0.29) is 11.3 Å². The van der Waals surface area contributed by atoms with Crippen molar-refractivity contribution in [2.24, 2.45) is 0 Å². The minimum Gasteiger partial charge on any atom is -0.495 e. The number of carbonyl (C=O) groups excluding carboxylic acids is 1. The van der Waals surface area contributed by atoms with Gasteiger partial charge in [0, 0.05) is 0 Å². The summed E-state index contributed by atoms with van der Waals surface area (Å²) in [6.07, 6.45) is 1.01. The van der Waals surface area contributed by atoms with Gasteiger partial charge in [0.25, 0.3) is 0 Å². The molecule has 0 aliphatic rings. The number of hydrogen-bond donors (Lipinski definition) is 1. The maximum absolute atomic E-state index is 11.3. The molecule has 94 valence electrons. The van der Waals surface area contributed by atoms with Crippen LogP contribution >= 0.6 is 0 Å². The quantitative estimate of drug-likeness (QED) is 0.811. The Morgan fingerprint density at radius 2 is 1.94 bits per heavy atom. The lowest BCUT2D eigenvalue weighted by atomic mass is 10.2. The zero-order valence-corrected chi connectivity index (χ0v) is 10.5. The molecule has 0 fully saturated rings. The highest BCUT2D eigenvalue weighted by Crippen LogP contribution is 2.26. The van der Waals surface area contributed by atoms with Crippen LogP contribution in [0.3, 0.4) is 0 Å². The molecule has 7 heteroatoms. The second-order valence-electron chi connectivity index (χ2n) is 3.28. The van der Waals surface area contributed by atoms with Gasteiger partial charge in [-0.2, -0.15) is 0 Å². The Labute approximate surface area is 99.6 Å². The van der Waals surface area contributed by atoms with Crippen molar-refractivity contribution in [2.75, 3.05) is 25.2 Å². The van der Waals surface area contributed by atoms with Crippen LogP contribution in [0.25, 0.3) is 0 Å². The first-order valence-electron chi connectivity index (χ1n) is 4.61. The molecule has 1 aromatic rings. The van der Waals surface area contributed by atoms with Gasteiger partial charge in [-0.1, -0.05) is 0 Å². The van der Waals surface area contributed by atoms with E-state index in [9.17, 15) is 13.2 Å². The summed E-state index contributed by atoms with van der Waals surface area (Å²) in [5.74, 6) is -0.229. The van der Waals surface area contributed by atoms with Gasteiger partial charge in [0.15, 0.2) is 0 Å². The molecule has 1 N–H and O–H groups in total. The van der Waals surface area contributed by atoms with Crippen molar-refractivity contribution in [1.82, 2.24) is 0 Å².